The number of halogens is 1. The second kappa shape index (κ2) is 7.53. The predicted molar refractivity (Wildman–Crippen MR) is 99.7 cm³/mol. The van der Waals surface area contributed by atoms with Gasteiger partial charge in [-0.2, -0.15) is 0 Å². The summed E-state index contributed by atoms with van der Waals surface area (Å²) in [5.74, 6) is 0.432. The number of anilines is 1. The summed E-state index contributed by atoms with van der Waals surface area (Å²) in [7, 11) is 3.16. The Kier molecular flexibility index (Phi) is 5.18. The first-order valence-corrected chi connectivity index (χ1v) is 8.60. The first-order chi connectivity index (χ1) is 12.5. The lowest BCUT2D eigenvalue weighted by Gasteiger charge is -2.09. The minimum Gasteiger partial charge on any atom is -0.497 e. The van der Waals surface area contributed by atoms with Crippen LogP contribution in [0.4, 0.5) is 9.52 Å². The van der Waals surface area contributed by atoms with E-state index in [0.29, 0.717) is 22.3 Å². The molecule has 0 aliphatic heterocycles. The van der Waals surface area contributed by atoms with E-state index in [4.69, 9.17) is 9.47 Å². The van der Waals surface area contributed by atoms with Crippen molar-refractivity contribution >= 4 is 22.4 Å². The number of amides is 1. The summed E-state index contributed by atoms with van der Waals surface area (Å²) >= 11 is 1.34. The van der Waals surface area contributed by atoms with E-state index in [1.165, 1.54) is 29.5 Å². The van der Waals surface area contributed by atoms with Crippen molar-refractivity contribution in [2.75, 3.05) is 19.5 Å². The molecule has 1 heterocycles. The van der Waals surface area contributed by atoms with Gasteiger partial charge in [0.15, 0.2) is 5.13 Å². The molecule has 0 aliphatic carbocycles. The number of aryl methyl sites for hydroxylation is 1. The molecule has 0 unspecified atom stereocenters. The maximum absolute atomic E-state index is 13.3. The first-order valence-electron chi connectivity index (χ1n) is 7.78. The number of nitrogens with zero attached hydrogens (tertiary/aromatic N) is 1. The maximum Gasteiger partial charge on any atom is 0.257 e. The molecule has 26 heavy (non-hydrogen) atoms. The van der Waals surface area contributed by atoms with Crippen LogP contribution in [0.5, 0.6) is 11.5 Å². The monoisotopic (exact) mass is 372 g/mol. The molecule has 5 nitrogen and oxygen atoms in total. The lowest BCUT2D eigenvalue weighted by molar-refractivity contribution is 0.102. The fraction of sp³-hybridized carbons (Fsp3) is 0.158. The Morgan fingerprint density at radius 3 is 2.65 bits per heavy atom. The number of nitrogens with one attached hydrogen (secondary N) is 1. The number of thiazole rings is 1. The van der Waals surface area contributed by atoms with Gasteiger partial charge in [-0.3, -0.25) is 10.1 Å². The van der Waals surface area contributed by atoms with Crippen LogP contribution in [-0.2, 0) is 0 Å². The summed E-state index contributed by atoms with van der Waals surface area (Å²) in [6.45, 7) is 1.91. The van der Waals surface area contributed by atoms with E-state index in [0.717, 1.165) is 10.4 Å². The number of carbonyl (C=O) groups is 1. The van der Waals surface area contributed by atoms with Crippen LogP contribution in [0.15, 0.2) is 42.5 Å². The van der Waals surface area contributed by atoms with E-state index in [2.05, 4.69) is 10.3 Å². The number of hydrogen-bond donors (Lipinski definition) is 1. The molecular formula is C19H17FN2O3S. The lowest BCUT2D eigenvalue weighted by atomic mass is 10.1. The molecule has 3 aromatic rings. The third-order valence-electron chi connectivity index (χ3n) is 3.77. The molecule has 0 saturated heterocycles. The van der Waals surface area contributed by atoms with Crippen molar-refractivity contribution in [2.45, 2.75) is 6.92 Å². The zero-order valence-electron chi connectivity index (χ0n) is 14.5. The Bertz CT molecular complexity index is 956. The van der Waals surface area contributed by atoms with Gasteiger partial charge in [0.1, 0.15) is 17.3 Å². The van der Waals surface area contributed by atoms with Crippen LogP contribution < -0.4 is 14.8 Å². The maximum atomic E-state index is 13.3. The van der Waals surface area contributed by atoms with Gasteiger partial charge in [0.05, 0.1) is 19.9 Å². The fourth-order valence-corrected chi connectivity index (χ4v) is 3.32. The van der Waals surface area contributed by atoms with Crippen LogP contribution in [0.2, 0.25) is 0 Å². The number of ether oxygens (including phenoxy) is 2. The molecule has 1 aromatic heterocycles. The molecular weight excluding hydrogens is 355 g/mol. The zero-order valence-corrected chi connectivity index (χ0v) is 15.3. The van der Waals surface area contributed by atoms with Crippen LogP contribution >= 0.6 is 11.3 Å². The van der Waals surface area contributed by atoms with Crippen LogP contribution in [0.25, 0.3) is 11.3 Å². The van der Waals surface area contributed by atoms with Crippen LogP contribution in [-0.4, -0.2) is 25.1 Å². The molecule has 0 saturated carbocycles. The normalized spacial score (nSPS) is 10.5. The number of carbonyl (C=O) groups excluding carboxylic acids is 1. The predicted octanol–water partition coefficient (Wildman–Crippen LogP) is 4.53. The molecule has 0 spiro atoms. The largest absolute Gasteiger partial charge is 0.497 e. The Balaban J connectivity index is 1.89. The quantitative estimate of drug-likeness (QED) is 0.715. The molecule has 0 fully saturated rings. The molecule has 0 aliphatic rings. The molecule has 1 N–H and O–H groups in total. The van der Waals surface area contributed by atoms with Crippen molar-refractivity contribution in [1.82, 2.24) is 4.98 Å². The van der Waals surface area contributed by atoms with Crippen LogP contribution in [0.3, 0.4) is 0 Å². The molecule has 3 rings (SSSR count). The van der Waals surface area contributed by atoms with Crippen LogP contribution in [0.1, 0.15) is 15.2 Å². The van der Waals surface area contributed by atoms with Gasteiger partial charge >= 0.3 is 0 Å². The fourth-order valence-electron chi connectivity index (χ4n) is 2.49. The van der Waals surface area contributed by atoms with Crippen molar-refractivity contribution in [3.8, 4) is 22.8 Å². The van der Waals surface area contributed by atoms with Gasteiger partial charge in [0.2, 0.25) is 0 Å². The summed E-state index contributed by atoms with van der Waals surface area (Å²) in [6.07, 6.45) is 0. The smallest absolute Gasteiger partial charge is 0.257 e. The summed E-state index contributed by atoms with van der Waals surface area (Å²) in [5, 5.41) is 3.15. The zero-order chi connectivity index (χ0) is 18.7. The molecule has 1 amide bonds. The minimum atomic E-state index is -0.461. The average molecular weight is 372 g/mol. The van der Waals surface area contributed by atoms with Crippen molar-refractivity contribution < 1.29 is 18.7 Å². The molecule has 2 aromatic carbocycles. The number of hydrogen-bond acceptors (Lipinski definition) is 5. The number of rotatable bonds is 5. The summed E-state index contributed by atoms with van der Waals surface area (Å²) in [5.41, 5.74) is 1.75. The minimum absolute atomic E-state index is 0.237. The Labute approximate surface area is 154 Å². The third kappa shape index (κ3) is 3.67. The molecule has 0 atom stereocenters. The van der Waals surface area contributed by atoms with E-state index in [1.807, 2.05) is 19.1 Å². The highest BCUT2D eigenvalue weighted by atomic mass is 32.1. The van der Waals surface area contributed by atoms with Crippen LogP contribution in [0, 0.1) is 12.7 Å². The second-order valence-corrected chi connectivity index (χ2v) is 6.66. The summed E-state index contributed by atoms with van der Waals surface area (Å²) in [4.78, 5) is 17.7. The van der Waals surface area contributed by atoms with Gasteiger partial charge in [-0.05, 0) is 37.3 Å². The first kappa shape index (κ1) is 17.9. The molecule has 134 valence electrons. The van der Waals surface area contributed by atoms with E-state index in [1.54, 1.807) is 26.4 Å². The lowest BCUT2D eigenvalue weighted by Crippen LogP contribution is -2.11. The third-order valence-corrected chi connectivity index (χ3v) is 4.65. The highest BCUT2D eigenvalue weighted by Crippen LogP contribution is 2.37. The van der Waals surface area contributed by atoms with Gasteiger partial charge in [-0.25, -0.2) is 9.37 Å². The SMILES string of the molecule is COc1ccc(-c2nc(NC(=O)c3cccc(F)c3)sc2C)c(OC)c1. The van der Waals surface area contributed by atoms with Gasteiger partial charge in [-0.15, -0.1) is 11.3 Å². The van der Waals surface area contributed by atoms with Crippen molar-refractivity contribution in [3.05, 3.63) is 58.7 Å². The van der Waals surface area contributed by atoms with Gasteiger partial charge in [-0.1, -0.05) is 6.07 Å². The van der Waals surface area contributed by atoms with Crippen molar-refractivity contribution in [3.63, 3.8) is 0 Å². The standard InChI is InChI=1S/C19H17FN2O3S/c1-11-17(15-8-7-14(24-2)10-16(15)25-3)21-19(26-11)22-18(23)12-5-4-6-13(20)9-12/h4-10H,1-3H3,(H,21,22,23). The number of benzene rings is 2. The van der Waals surface area contributed by atoms with E-state index in [-0.39, 0.29) is 5.56 Å². The Morgan fingerprint density at radius 1 is 1.15 bits per heavy atom. The van der Waals surface area contributed by atoms with Crippen molar-refractivity contribution in [1.29, 1.82) is 0 Å². The van der Waals surface area contributed by atoms with E-state index >= 15 is 0 Å². The number of aromatic nitrogens is 1. The van der Waals surface area contributed by atoms with E-state index < -0.39 is 11.7 Å². The highest BCUT2D eigenvalue weighted by molar-refractivity contribution is 7.16. The molecule has 0 bridgehead atoms. The van der Waals surface area contributed by atoms with Gasteiger partial charge in [0, 0.05) is 22.1 Å². The summed E-state index contributed by atoms with van der Waals surface area (Å²) < 4.78 is 23.9. The van der Waals surface area contributed by atoms with Crippen molar-refractivity contribution in [2.24, 2.45) is 0 Å². The highest BCUT2D eigenvalue weighted by Gasteiger charge is 2.17. The van der Waals surface area contributed by atoms with Gasteiger partial charge in [0.25, 0.3) is 5.91 Å². The molecule has 7 heteroatoms. The second-order valence-electron chi connectivity index (χ2n) is 5.45. The summed E-state index contributed by atoms with van der Waals surface area (Å²) in [6, 6.07) is 11.0. The van der Waals surface area contributed by atoms with E-state index in [9.17, 15) is 9.18 Å². The molecule has 0 radical (unpaired) electrons. The Hall–Kier alpha value is -2.93. The average Bonchev–Trinajstić information content (AvgIpc) is 3.01. The number of methoxy groups -OCH3 is 2. The Morgan fingerprint density at radius 2 is 1.96 bits per heavy atom. The topological polar surface area (TPSA) is 60.5 Å². The van der Waals surface area contributed by atoms with Gasteiger partial charge < -0.3 is 9.47 Å².